The van der Waals surface area contributed by atoms with E-state index in [2.05, 4.69) is 24.3 Å². The molecule has 1 fully saturated rings. The van der Waals surface area contributed by atoms with Crippen LogP contribution in [0.3, 0.4) is 0 Å². The first-order valence-corrected chi connectivity index (χ1v) is 9.21. The van der Waals surface area contributed by atoms with E-state index in [4.69, 9.17) is 5.11 Å². The van der Waals surface area contributed by atoms with Crippen molar-refractivity contribution in [2.75, 3.05) is 6.54 Å². The third-order valence-corrected chi connectivity index (χ3v) is 5.55. The molecule has 24 heavy (non-hydrogen) atoms. The summed E-state index contributed by atoms with van der Waals surface area (Å²) in [6, 6.07) is 8.67. The van der Waals surface area contributed by atoms with Crippen molar-refractivity contribution in [3.05, 3.63) is 35.4 Å². The van der Waals surface area contributed by atoms with Gasteiger partial charge in [0.1, 0.15) is 0 Å². The standard InChI is InChI=1S/C20H27NO3/c22-19(21-12-4-3-7-18(21)10-11-20(23)24)14-15-8-9-16-5-1-2-6-17(16)13-15/h1-2,5-6,15,18H,3-4,7-14H2,(H,23,24). The van der Waals surface area contributed by atoms with Crippen molar-refractivity contribution >= 4 is 11.9 Å². The summed E-state index contributed by atoms with van der Waals surface area (Å²) in [6.07, 6.45) is 7.60. The van der Waals surface area contributed by atoms with Crippen LogP contribution in [-0.2, 0) is 22.4 Å². The van der Waals surface area contributed by atoms with Crippen molar-refractivity contribution in [1.29, 1.82) is 0 Å². The number of hydrogen-bond donors (Lipinski definition) is 1. The van der Waals surface area contributed by atoms with E-state index in [9.17, 15) is 9.59 Å². The van der Waals surface area contributed by atoms with Gasteiger partial charge in [-0.05, 0) is 62.0 Å². The lowest BCUT2D eigenvalue weighted by molar-refractivity contribution is -0.140. The van der Waals surface area contributed by atoms with Crippen molar-refractivity contribution in [3.63, 3.8) is 0 Å². The van der Waals surface area contributed by atoms with Crippen molar-refractivity contribution in [1.82, 2.24) is 4.90 Å². The van der Waals surface area contributed by atoms with Crippen LogP contribution in [0.4, 0.5) is 0 Å². The predicted octanol–water partition coefficient (Wildman–Crippen LogP) is 3.43. The first kappa shape index (κ1) is 17.0. The zero-order valence-electron chi connectivity index (χ0n) is 14.2. The molecule has 130 valence electrons. The Morgan fingerprint density at radius 3 is 2.71 bits per heavy atom. The number of carboxylic acids is 1. The summed E-state index contributed by atoms with van der Waals surface area (Å²) in [7, 11) is 0. The number of benzene rings is 1. The van der Waals surface area contributed by atoms with E-state index in [1.807, 2.05) is 4.90 Å². The molecule has 1 N–H and O–H groups in total. The second-order valence-electron chi connectivity index (χ2n) is 7.25. The first-order valence-electron chi connectivity index (χ1n) is 9.21. The van der Waals surface area contributed by atoms with Crippen LogP contribution in [0.1, 0.15) is 56.1 Å². The number of rotatable bonds is 5. The first-order chi connectivity index (χ1) is 11.6. The molecule has 2 atom stereocenters. The van der Waals surface area contributed by atoms with Crippen molar-refractivity contribution in [2.24, 2.45) is 5.92 Å². The van der Waals surface area contributed by atoms with Gasteiger partial charge in [0, 0.05) is 25.4 Å². The van der Waals surface area contributed by atoms with Crippen molar-refractivity contribution in [3.8, 4) is 0 Å². The molecule has 2 unspecified atom stereocenters. The third kappa shape index (κ3) is 4.16. The van der Waals surface area contributed by atoms with Gasteiger partial charge in [-0.2, -0.15) is 0 Å². The summed E-state index contributed by atoms with van der Waals surface area (Å²) in [5, 5.41) is 8.92. The topological polar surface area (TPSA) is 57.6 Å². The maximum absolute atomic E-state index is 12.8. The van der Waals surface area contributed by atoms with Gasteiger partial charge >= 0.3 is 5.97 Å². The number of carboxylic acid groups (broad SMARTS) is 1. The molecule has 0 saturated carbocycles. The molecule has 1 amide bonds. The summed E-state index contributed by atoms with van der Waals surface area (Å²) in [6.45, 7) is 0.798. The summed E-state index contributed by atoms with van der Waals surface area (Å²) in [5.41, 5.74) is 2.82. The molecular formula is C20H27NO3. The van der Waals surface area contributed by atoms with Crippen molar-refractivity contribution in [2.45, 2.75) is 63.8 Å². The Morgan fingerprint density at radius 2 is 1.92 bits per heavy atom. The second kappa shape index (κ2) is 7.82. The fourth-order valence-corrected chi connectivity index (χ4v) is 4.23. The second-order valence-corrected chi connectivity index (χ2v) is 7.25. The van der Waals surface area contributed by atoms with Crippen LogP contribution in [0, 0.1) is 5.92 Å². The lowest BCUT2D eigenvalue weighted by atomic mass is 9.82. The van der Waals surface area contributed by atoms with Crippen LogP contribution in [0.2, 0.25) is 0 Å². The van der Waals surface area contributed by atoms with Crippen LogP contribution < -0.4 is 0 Å². The Labute approximate surface area is 143 Å². The fraction of sp³-hybridized carbons (Fsp3) is 0.600. The summed E-state index contributed by atoms with van der Waals surface area (Å²) >= 11 is 0. The van der Waals surface area contributed by atoms with Gasteiger partial charge < -0.3 is 10.0 Å². The largest absolute Gasteiger partial charge is 0.481 e. The highest BCUT2D eigenvalue weighted by Crippen LogP contribution is 2.29. The molecule has 4 heteroatoms. The highest BCUT2D eigenvalue weighted by Gasteiger charge is 2.29. The average Bonchev–Trinajstić information content (AvgIpc) is 2.60. The Kier molecular flexibility index (Phi) is 5.54. The van der Waals surface area contributed by atoms with Gasteiger partial charge in [-0.25, -0.2) is 0 Å². The van der Waals surface area contributed by atoms with E-state index < -0.39 is 5.97 Å². The molecule has 4 nitrogen and oxygen atoms in total. The minimum absolute atomic E-state index is 0.123. The normalized spacial score (nSPS) is 23.6. The number of fused-ring (bicyclic) bond motifs is 1. The number of hydrogen-bond acceptors (Lipinski definition) is 2. The van der Waals surface area contributed by atoms with Gasteiger partial charge in [0.25, 0.3) is 0 Å². The Bertz CT molecular complexity index is 598. The molecule has 1 heterocycles. The molecule has 0 bridgehead atoms. The number of aryl methyl sites for hydroxylation is 1. The summed E-state index contributed by atoms with van der Waals surface area (Å²) in [4.78, 5) is 25.6. The molecule has 0 aromatic heterocycles. The smallest absolute Gasteiger partial charge is 0.303 e. The van der Waals surface area contributed by atoms with Gasteiger partial charge in [-0.1, -0.05) is 24.3 Å². The number of likely N-dealkylation sites (tertiary alicyclic amines) is 1. The van der Waals surface area contributed by atoms with Crippen LogP contribution in [0.15, 0.2) is 24.3 Å². The Morgan fingerprint density at radius 1 is 1.12 bits per heavy atom. The Balaban J connectivity index is 1.58. The zero-order valence-corrected chi connectivity index (χ0v) is 14.2. The van der Waals surface area contributed by atoms with Gasteiger partial charge in [-0.15, -0.1) is 0 Å². The van der Waals surface area contributed by atoms with Gasteiger partial charge in [0.15, 0.2) is 0 Å². The molecule has 3 rings (SSSR count). The van der Waals surface area contributed by atoms with Crippen LogP contribution >= 0.6 is 0 Å². The van der Waals surface area contributed by atoms with E-state index in [1.54, 1.807) is 0 Å². The van der Waals surface area contributed by atoms with E-state index >= 15 is 0 Å². The van der Waals surface area contributed by atoms with Gasteiger partial charge in [-0.3, -0.25) is 9.59 Å². The molecule has 1 aromatic rings. The summed E-state index contributed by atoms with van der Waals surface area (Å²) in [5.74, 6) is -0.110. The highest BCUT2D eigenvalue weighted by atomic mass is 16.4. The fourth-order valence-electron chi connectivity index (χ4n) is 4.23. The van der Waals surface area contributed by atoms with Gasteiger partial charge in [0.2, 0.25) is 5.91 Å². The molecule has 1 saturated heterocycles. The van der Waals surface area contributed by atoms with Gasteiger partial charge in [0.05, 0.1) is 0 Å². The number of carbonyl (C=O) groups excluding carboxylic acids is 1. The molecular weight excluding hydrogens is 302 g/mol. The predicted molar refractivity (Wildman–Crippen MR) is 92.8 cm³/mol. The van der Waals surface area contributed by atoms with Crippen LogP contribution in [-0.4, -0.2) is 34.5 Å². The SMILES string of the molecule is O=C(O)CCC1CCCCN1C(=O)CC1CCc2ccccc2C1. The number of amides is 1. The number of nitrogens with zero attached hydrogens (tertiary/aromatic N) is 1. The number of piperidine rings is 1. The van der Waals surface area contributed by atoms with E-state index in [0.717, 1.165) is 45.1 Å². The quantitative estimate of drug-likeness (QED) is 0.900. The lowest BCUT2D eigenvalue weighted by Crippen LogP contribution is -2.44. The minimum atomic E-state index is -0.767. The van der Waals surface area contributed by atoms with E-state index in [1.165, 1.54) is 11.1 Å². The average molecular weight is 329 g/mol. The number of aliphatic carboxylic acids is 1. The molecule has 1 aliphatic carbocycles. The third-order valence-electron chi connectivity index (χ3n) is 5.55. The monoisotopic (exact) mass is 329 g/mol. The minimum Gasteiger partial charge on any atom is -0.481 e. The molecule has 2 aliphatic rings. The van der Waals surface area contributed by atoms with Crippen molar-refractivity contribution < 1.29 is 14.7 Å². The molecule has 0 radical (unpaired) electrons. The summed E-state index contributed by atoms with van der Waals surface area (Å²) < 4.78 is 0. The van der Waals surface area contributed by atoms with Crippen LogP contribution in [0.25, 0.3) is 0 Å². The maximum Gasteiger partial charge on any atom is 0.303 e. The van der Waals surface area contributed by atoms with Crippen LogP contribution in [0.5, 0.6) is 0 Å². The zero-order chi connectivity index (χ0) is 16.9. The maximum atomic E-state index is 12.8. The van der Waals surface area contributed by atoms with E-state index in [-0.39, 0.29) is 18.4 Å². The number of carbonyl (C=O) groups is 2. The highest BCUT2D eigenvalue weighted by molar-refractivity contribution is 5.77. The van der Waals surface area contributed by atoms with E-state index in [0.29, 0.717) is 18.8 Å². The lowest BCUT2D eigenvalue weighted by Gasteiger charge is -2.37. The Hall–Kier alpha value is -1.84. The molecule has 0 spiro atoms. The molecule has 1 aliphatic heterocycles. The molecule has 1 aromatic carbocycles.